The van der Waals surface area contributed by atoms with Crippen LogP contribution in [0.1, 0.15) is 40.6 Å². The number of ketones is 1. The maximum absolute atomic E-state index is 13.6. The molecule has 36 heavy (non-hydrogen) atoms. The van der Waals surface area contributed by atoms with Gasteiger partial charge in [-0.05, 0) is 77.9 Å². The first-order valence-electron chi connectivity index (χ1n) is 12.6. The van der Waals surface area contributed by atoms with E-state index in [2.05, 4.69) is 17.6 Å². The Morgan fingerprint density at radius 2 is 1.97 bits per heavy atom. The van der Waals surface area contributed by atoms with Crippen LogP contribution < -0.4 is 4.74 Å². The van der Waals surface area contributed by atoms with E-state index in [9.17, 15) is 9.90 Å². The van der Waals surface area contributed by atoms with Gasteiger partial charge < -0.3 is 9.84 Å². The van der Waals surface area contributed by atoms with Gasteiger partial charge in [0.05, 0.1) is 18.7 Å². The van der Waals surface area contributed by atoms with Gasteiger partial charge in [0.1, 0.15) is 11.4 Å². The molecular weight excluding hydrogens is 448 g/mol. The average molecular weight is 479 g/mol. The van der Waals surface area contributed by atoms with Gasteiger partial charge in [-0.3, -0.25) is 9.69 Å². The molecule has 1 unspecified atom stereocenters. The number of ether oxygens (including phenoxy) is 1. The van der Waals surface area contributed by atoms with E-state index in [-0.39, 0.29) is 11.8 Å². The Kier molecular flexibility index (Phi) is 5.82. The monoisotopic (exact) mass is 478 g/mol. The fourth-order valence-corrected chi connectivity index (χ4v) is 6.11. The molecule has 0 spiro atoms. The van der Waals surface area contributed by atoms with E-state index >= 15 is 0 Å². The van der Waals surface area contributed by atoms with Gasteiger partial charge in [0, 0.05) is 23.5 Å². The van der Waals surface area contributed by atoms with Gasteiger partial charge in [0.15, 0.2) is 0 Å². The van der Waals surface area contributed by atoms with Crippen LogP contribution in [0.5, 0.6) is 5.75 Å². The molecule has 0 aliphatic carbocycles. The third-order valence-corrected chi connectivity index (χ3v) is 8.13. The Hall–Kier alpha value is -3.54. The molecular formula is C31H30N2O3. The van der Waals surface area contributed by atoms with Gasteiger partial charge in [0.2, 0.25) is 5.78 Å². The molecule has 0 amide bonds. The number of carbonyl (C=O) groups is 1. The summed E-state index contributed by atoms with van der Waals surface area (Å²) in [5.74, 6) is 1.56. The van der Waals surface area contributed by atoms with Gasteiger partial charge in [-0.1, -0.05) is 42.5 Å². The Morgan fingerprint density at radius 1 is 1.14 bits per heavy atom. The molecule has 0 saturated carbocycles. The molecule has 3 aliphatic rings. The number of fused-ring (bicyclic) bond motifs is 5. The summed E-state index contributed by atoms with van der Waals surface area (Å²) in [6.45, 7) is 5.92. The molecule has 3 aromatic carbocycles. The molecule has 2 bridgehead atoms. The second-order valence-corrected chi connectivity index (χ2v) is 10.1. The summed E-state index contributed by atoms with van der Waals surface area (Å²) in [6, 6.07) is 21.1. The van der Waals surface area contributed by atoms with Gasteiger partial charge in [0.25, 0.3) is 0 Å². The summed E-state index contributed by atoms with van der Waals surface area (Å²) < 4.78 is 5.47. The number of aliphatic hydroxyl groups is 1. The predicted octanol–water partition coefficient (Wildman–Crippen LogP) is 5.56. The molecule has 5 nitrogen and oxygen atoms in total. The first kappa shape index (κ1) is 22.9. The van der Waals surface area contributed by atoms with Crippen LogP contribution in [0.15, 0.2) is 79.4 Å². The van der Waals surface area contributed by atoms with Crippen molar-refractivity contribution in [3.8, 4) is 5.75 Å². The smallest absolute Gasteiger partial charge is 0.211 e. The lowest BCUT2D eigenvalue weighted by Gasteiger charge is -2.50. The minimum absolute atomic E-state index is 0.000344. The Balaban J connectivity index is 1.43. The fourth-order valence-electron chi connectivity index (χ4n) is 6.11. The van der Waals surface area contributed by atoms with Crippen molar-refractivity contribution >= 4 is 27.5 Å². The zero-order valence-corrected chi connectivity index (χ0v) is 20.4. The van der Waals surface area contributed by atoms with Crippen molar-refractivity contribution in [3.63, 3.8) is 0 Å². The van der Waals surface area contributed by atoms with E-state index in [1.165, 1.54) is 0 Å². The van der Waals surface area contributed by atoms with Gasteiger partial charge in [-0.25, -0.2) is 4.98 Å². The Labute approximate surface area is 211 Å². The van der Waals surface area contributed by atoms with Crippen LogP contribution in [-0.2, 0) is 0 Å². The van der Waals surface area contributed by atoms with Crippen LogP contribution in [0.25, 0.3) is 21.7 Å². The molecule has 1 aromatic heterocycles. The highest BCUT2D eigenvalue weighted by molar-refractivity contribution is 6.10. The lowest BCUT2D eigenvalue weighted by atomic mass is 9.73. The van der Waals surface area contributed by atoms with Crippen molar-refractivity contribution in [2.45, 2.75) is 25.0 Å². The number of methoxy groups -OCH3 is 1. The van der Waals surface area contributed by atoms with E-state index in [4.69, 9.17) is 9.72 Å². The number of aliphatic hydroxyl groups excluding tert-OH is 1. The number of rotatable bonds is 6. The van der Waals surface area contributed by atoms with Crippen molar-refractivity contribution in [2.75, 3.05) is 20.2 Å². The largest absolute Gasteiger partial charge is 0.497 e. The molecule has 5 heteroatoms. The molecule has 7 rings (SSSR count). The number of benzene rings is 3. The maximum Gasteiger partial charge on any atom is 0.211 e. The molecule has 3 saturated heterocycles. The first-order valence-corrected chi connectivity index (χ1v) is 12.6. The molecule has 0 radical (unpaired) electrons. The molecule has 3 fully saturated rings. The van der Waals surface area contributed by atoms with Gasteiger partial charge in [-0.15, -0.1) is 6.58 Å². The van der Waals surface area contributed by atoms with Crippen molar-refractivity contribution in [2.24, 2.45) is 11.8 Å². The van der Waals surface area contributed by atoms with Crippen molar-refractivity contribution in [3.05, 3.63) is 96.2 Å². The minimum atomic E-state index is -0.737. The fraction of sp³-hybridized carbons (Fsp3) is 0.290. The van der Waals surface area contributed by atoms with Crippen LogP contribution in [0.3, 0.4) is 0 Å². The summed E-state index contributed by atoms with van der Waals surface area (Å²) in [5.41, 5.74) is 2.34. The predicted molar refractivity (Wildman–Crippen MR) is 142 cm³/mol. The normalized spacial score (nSPS) is 24.1. The number of aromatic nitrogens is 1. The van der Waals surface area contributed by atoms with E-state index < -0.39 is 6.10 Å². The van der Waals surface area contributed by atoms with Crippen molar-refractivity contribution < 1.29 is 14.6 Å². The van der Waals surface area contributed by atoms with Crippen LogP contribution in [-0.4, -0.2) is 47.0 Å². The first-order chi connectivity index (χ1) is 17.6. The summed E-state index contributed by atoms with van der Waals surface area (Å²) in [7, 11) is 1.63. The number of carbonyl (C=O) groups excluding carboxylic acids is 1. The second-order valence-electron chi connectivity index (χ2n) is 10.1. The number of hydrogen-bond acceptors (Lipinski definition) is 5. The second kappa shape index (κ2) is 9.16. The highest BCUT2D eigenvalue weighted by Gasteiger charge is 2.42. The number of nitrogens with zero attached hydrogens (tertiary/aromatic N) is 2. The minimum Gasteiger partial charge on any atom is -0.497 e. The SMILES string of the molecule is C=C[C@H]1CN2CC[C@H]1C[C@@H]2[C@@H](O)c1cc(C(=O)c2ccc3ccccc3c2)nc2ccc(OC)cc12. The molecule has 3 aliphatic heterocycles. The lowest BCUT2D eigenvalue weighted by molar-refractivity contribution is -0.0445. The van der Waals surface area contributed by atoms with Crippen LogP contribution in [0, 0.1) is 11.8 Å². The molecule has 4 aromatic rings. The zero-order chi connectivity index (χ0) is 24.8. The summed E-state index contributed by atoms with van der Waals surface area (Å²) in [4.78, 5) is 20.7. The number of hydrogen-bond donors (Lipinski definition) is 1. The van der Waals surface area contributed by atoms with Crippen molar-refractivity contribution in [1.29, 1.82) is 0 Å². The highest BCUT2D eigenvalue weighted by atomic mass is 16.5. The molecule has 5 atom stereocenters. The third kappa shape index (κ3) is 3.89. The Morgan fingerprint density at radius 3 is 2.72 bits per heavy atom. The topological polar surface area (TPSA) is 62.7 Å². The van der Waals surface area contributed by atoms with E-state index in [0.29, 0.717) is 34.4 Å². The highest BCUT2D eigenvalue weighted by Crippen LogP contribution is 2.42. The standard InChI is InChI=1S/C31H30N2O3/c1-3-19-18-33-13-12-22(19)15-29(33)31(35)26-17-28(32-27-11-10-24(36-2)16-25(26)27)30(34)23-9-8-20-6-4-5-7-21(20)14-23/h3-11,14,16-17,19,22,29,31,35H,1,12-13,15,18H2,2H3/t19-,22-,29+,31-/m0/s1. The van der Waals surface area contributed by atoms with E-state index in [1.54, 1.807) is 13.2 Å². The quantitative estimate of drug-likeness (QED) is 0.291. The van der Waals surface area contributed by atoms with Crippen LogP contribution in [0.4, 0.5) is 0 Å². The third-order valence-electron chi connectivity index (χ3n) is 8.13. The Bertz CT molecular complexity index is 1480. The summed E-state index contributed by atoms with van der Waals surface area (Å²) in [5, 5.41) is 14.7. The van der Waals surface area contributed by atoms with Crippen LogP contribution >= 0.6 is 0 Å². The number of pyridine rings is 1. The summed E-state index contributed by atoms with van der Waals surface area (Å²) >= 11 is 0. The molecule has 182 valence electrons. The van der Waals surface area contributed by atoms with Gasteiger partial charge in [-0.2, -0.15) is 0 Å². The average Bonchev–Trinajstić information content (AvgIpc) is 2.95. The summed E-state index contributed by atoms with van der Waals surface area (Å²) in [6.07, 6.45) is 3.38. The van der Waals surface area contributed by atoms with Gasteiger partial charge >= 0.3 is 0 Å². The zero-order valence-electron chi connectivity index (χ0n) is 20.4. The lowest BCUT2D eigenvalue weighted by Crippen LogP contribution is -2.54. The van der Waals surface area contributed by atoms with Crippen molar-refractivity contribution in [1.82, 2.24) is 9.88 Å². The van der Waals surface area contributed by atoms with Crippen LogP contribution in [0.2, 0.25) is 0 Å². The maximum atomic E-state index is 13.6. The van der Waals surface area contributed by atoms with E-state index in [0.717, 1.165) is 47.7 Å². The molecule has 1 N–H and O–H groups in total. The van der Waals surface area contributed by atoms with E-state index in [1.807, 2.05) is 60.7 Å². The molecule has 4 heterocycles. The number of piperidine rings is 3.